The Morgan fingerprint density at radius 1 is 0.456 bits per heavy atom. The first-order chi connectivity index (χ1) is 28.2. The standard InChI is InChI=1S/C52H36N4O/c53-38-22-12-20-36(32-38)39-25-13-29-45-47(39)57-48-42(26-14-30-46(48)52(45)43-27-9-7-23-40(43)41-24-8-10-28-44(41)52)51-55-49(34-17-5-2-6-18-34)54-50(56-51)37-21-11-19-35(31-37)33-15-3-1-4-16-33/h1-32,49H,53H2,(H,54,55,56). The van der Waals surface area contributed by atoms with Crippen LogP contribution in [0.4, 0.5) is 5.69 Å². The Kier molecular flexibility index (Phi) is 7.54. The van der Waals surface area contributed by atoms with Crippen molar-refractivity contribution in [2.45, 2.75) is 11.6 Å². The van der Waals surface area contributed by atoms with Gasteiger partial charge < -0.3 is 15.8 Å². The van der Waals surface area contributed by atoms with Gasteiger partial charge in [0.05, 0.1) is 11.0 Å². The highest BCUT2D eigenvalue weighted by atomic mass is 16.5. The molecule has 11 rings (SSSR count). The Balaban J connectivity index is 1.16. The number of nitrogens with zero attached hydrogens (tertiary/aromatic N) is 2. The summed E-state index contributed by atoms with van der Waals surface area (Å²) in [5, 5.41) is 3.74. The number of nitrogens with one attached hydrogen (secondary N) is 1. The Labute approximate surface area is 331 Å². The number of nitrogens with two attached hydrogens (primary N) is 1. The molecule has 270 valence electrons. The maximum absolute atomic E-state index is 7.36. The van der Waals surface area contributed by atoms with Gasteiger partial charge in [-0.15, -0.1) is 0 Å². The number of benzene rings is 8. The number of anilines is 1. The first-order valence-electron chi connectivity index (χ1n) is 19.3. The van der Waals surface area contributed by atoms with Crippen LogP contribution in [0.1, 0.15) is 45.1 Å². The molecular formula is C52H36N4O. The van der Waals surface area contributed by atoms with E-state index in [-0.39, 0.29) is 6.17 Å². The molecule has 0 radical (unpaired) electrons. The van der Waals surface area contributed by atoms with E-state index in [2.05, 4.69) is 169 Å². The molecule has 1 aliphatic carbocycles. The van der Waals surface area contributed by atoms with Crippen molar-refractivity contribution in [3.8, 4) is 44.9 Å². The molecule has 0 aromatic heterocycles. The smallest absolute Gasteiger partial charge is 0.159 e. The molecule has 0 saturated carbocycles. The van der Waals surface area contributed by atoms with Crippen LogP contribution >= 0.6 is 0 Å². The van der Waals surface area contributed by atoms with Gasteiger partial charge in [0, 0.05) is 27.9 Å². The fourth-order valence-electron chi connectivity index (χ4n) is 9.06. The van der Waals surface area contributed by atoms with Crippen LogP contribution in [0.15, 0.2) is 204 Å². The van der Waals surface area contributed by atoms with Gasteiger partial charge in [0.25, 0.3) is 0 Å². The van der Waals surface area contributed by atoms with Gasteiger partial charge in [-0.25, -0.2) is 9.98 Å². The number of hydrogen-bond acceptors (Lipinski definition) is 5. The monoisotopic (exact) mass is 732 g/mol. The predicted octanol–water partition coefficient (Wildman–Crippen LogP) is 11.6. The minimum absolute atomic E-state index is 0.384. The molecule has 1 unspecified atom stereocenters. The lowest BCUT2D eigenvalue weighted by molar-refractivity contribution is 0.436. The van der Waals surface area contributed by atoms with E-state index in [1.54, 1.807) is 0 Å². The molecule has 0 bridgehead atoms. The second-order valence-electron chi connectivity index (χ2n) is 14.8. The minimum Gasteiger partial charge on any atom is -0.455 e. The molecule has 57 heavy (non-hydrogen) atoms. The van der Waals surface area contributed by atoms with Crippen molar-refractivity contribution in [2.75, 3.05) is 5.73 Å². The van der Waals surface area contributed by atoms with Gasteiger partial charge in [-0.2, -0.15) is 0 Å². The molecule has 3 N–H and O–H groups in total. The summed E-state index contributed by atoms with van der Waals surface area (Å²) in [4.78, 5) is 10.6. The molecule has 1 spiro atoms. The van der Waals surface area contributed by atoms with E-state index in [9.17, 15) is 0 Å². The predicted molar refractivity (Wildman–Crippen MR) is 231 cm³/mol. The second kappa shape index (κ2) is 13.1. The van der Waals surface area contributed by atoms with E-state index in [1.165, 1.54) is 22.3 Å². The lowest BCUT2D eigenvalue weighted by Crippen LogP contribution is -2.36. The summed E-state index contributed by atoms with van der Waals surface area (Å²) < 4.78 is 7.36. The fraction of sp³-hybridized carbons (Fsp3) is 0.0385. The van der Waals surface area contributed by atoms with Crippen LogP contribution in [-0.2, 0) is 5.41 Å². The Morgan fingerprint density at radius 2 is 0.982 bits per heavy atom. The summed E-state index contributed by atoms with van der Waals surface area (Å²) in [6, 6.07) is 67.9. The highest BCUT2D eigenvalue weighted by molar-refractivity contribution is 6.14. The van der Waals surface area contributed by atoms with E-state index < -0.39 is 5.41 Å². The number of rotatable bonds is 5. The van der Waals surface area contributed by atoms with Crippen molar-refractivity contribution in [1.29, 1.82) is 0 Å². The quantitative estimate of drug-likeness (QED) is 0.173. The number of nitrogen functional groups attached to an aromatic ring is 1. The molecule has 5 nitrogen and oxygen atoms in total. The summed E-state index contributed by atoms with van der Waals surface area (Å²) in [7, 11) is 0. The van der Waals surface area contributed by atoms with E-state index in [0.717, 1.165) is 61.6 Å². The van der Waals surface area contributed by atoms with Gasteiger partial charge in [0.1, 0.15) is 23.5 Å². The molecule has 8 aromatic rings. The first-order valence-corrected chi connectivity index (χ1v) is 19.3. The van der Waals surface area contributed by atoms with Crippen LogP contribution in [0.5, 0.6) is 11.5 Å². The average molecular weight is 733 g/mol. The summed E-state index contributed by atoms with van der Waals surface area (Å²) in [6.45, 7) is 0. The Morgan fingerprint density at radius 3 is 1.70 bits per heavy atom. The number of para-hydroxylation sites is 2. The molecule has 2 aliphatic heterocycles. The number of ether oxygens (including phenoxy) is 1. The Bertz CT molecular complexity index is 2890. The van der Waals surface area contributed by atoms with Crippen molar-refractivity contribution in [1.82, 2.24) is 5.32 Å². The molecule has 0 fully saturated rings. The summed E-state index contributed by atoms with van der Waals surface area (Å²) >= 11 is 0. The molecule has 1 atom stereocenters. The number of fused-ring (bicyclic) bond motifs is 9. The molecular weight excluding hydrogens is 697 g/mol. The van der Waals surface area contributed by atoms with Crippen LogP contribution in [0, 0.1) is 0 Å². The second-order valence-corrected chi connectivity index (χ2v) is 14.8. The SMILES string of the molecule is Nc1cccc(-c2cccc3c2Oc2c(C4=NC(c5cccc(-c6ccccc6)c5)=NC(c5ccccc5)N4)cccc2C32c3ccccc3-c3ccccc32)c1. The zero-order chi connectivity index (χ0) is 37.9. The van der Waals surface area contributed by atoms with Crippen LogP contribution in [0.2, 0.25) is 0 Å². The van der Waals surface area contributed by atoms with E-state index in [4.69, 9.17) is 20.5 Å². The van der Waals surface area contributed by atoms with Crippen molar-refractivity contribution in [3.63, 3.8) is 0 Å². The third kappa shape index (κ3) is 5.16. The number of amidine groups is 2. The van der Waals surface area contributed by atoms with Crippen LogP contribution < -0.4 is 15.8 Å². The molecule has 8 aromatic carbocycles. The van der Waals surface area contributed by atoms with Crippen LogP contribution in [0.25, 0.3) is 33.4 Å². The number of hydrogen-bond donors (Lipinski definition) is 2. The summed E-state index contributed by atoms with van der Waals surface area (Å²) in [5.41, 5.74) is 20.5. The minimum atomic E-state index is -0.669. The van der Waals surface area contributed by atoms with Gasteiger partial charge in [0.2, 0.25) is 0 Å². The maximum Gasteiger partial charge on any atom is 0.159 e. The normalized spacial score (nSPS) is 15.5. The van der Waals surface area contributed by atoms with Gasteiger partial charge in [-0.05, 0) is 68.8 Å². The molecule has 5 heteroatoms. The summed E-state index contributed by atoms with van der Waals surface area (Å²) in [5.74, 6) is 2.89. The zero-order valence-corrected chi connectivity index (χ0v) is 30.9. The van der Waals surface area contributed by atoms with Gasteiger partial charge in [0.15, 0.2) is 5.84 Å². The van der Waals surface area contributed by atoms with Crippen LogP contribution in [-0.4, -0.2) is 11.7 Å². The highest BCUT2D eigenvalue weighted by Gasteiger charge is 2.52. The summed E-state index contributed by atoms with van der Waals surface area (Å²) in [6.07, 6.45) is -0.384. The third-order valence-electron chi connectivity index (χ3n) is 11.5. The largest absolute Gasteiger partial charge is 0.455 e. The van der Waals surface area contributed by atoms with Crippen molar-refractivity contribution < 1.29 is 4.74 Å². The fourth-order valence-corrected chi connectivity index (χ4v) is 9.06. The zero-order valence-electron chi connectivity index (χ0n) is 30.9. The van der Waals surface area contributed by atoms with Gasteiger partial charge >= 0.3 is 0 Å². The Hall–Kier alpha value is -7.50. The molecule has 2 heterocycles. The van der Waals surface area contributed by atoms with E-state index in [0.29, 0.717) is 17.4 Å². The van der Waals surface area contributed by atoms with Crippen LogP contribution in [0.3, 0.4) is 0 Å². The lowest BCUT2D eigenvalue weighted by Gasteiger charge is -2.41. The average Bonchev–Trinajstić information content (AvgIpc) is 3.57. The maximum atomic E-state index is 7.36. The van der Waals surface area contributed by atoms with E-state index >= 15 is 0 Å². The topological polar surface area (TPSA) is 72.0 Å². The lowest BCUT2D eigenvalue weighted by atomic mass is 9.65. The highest BCUT2D eigenvalue weighted by Crippen LogP contribution is 2.63. The van der Waals surface area contributed by atoms with Gasteiger partial charge in [-0.1, -0.05) is 170 Å². The number of aliphatic imine (C=N–C) groups is 2. The molecule has 0 saturated heterocycles. The van der Waals surface area contributed by atoms with Crippen molar-refractivity contribution >= 4 is 17.4 Å². The molecule has 0 amide bonds. The molecule has 3 aliphatic rings. The van der Waals surface area contributed by atoms with Gasteiger partial charge in [-0.3, -0.25) is 0 Å². The van der Waals surface area contributed by atoms with Crippen molar-refractivity contribution in [2.24, 2.45) is 9.98 Å². The third-order valence-corrected chi connectivity index (χ3v) is 11.5. The van der Waals surface area contributed by atoms with E-state index in [1.807, 2.05) is 30.3 Å². The first kappa shape index (κ1) is 32.9. The van der Waals surface area contributed by atoms with Crippen molar-refractivity contribution in [3.05, 3.63) is 233 Å².